The summed E-state index contributed by atoms with van der Waals surface area (Å²) in [6.45, 7) is 4.38. The van der Waals surface area contributed by atoms with Crippen LogP contribution in [0, 0.1) is 0 Å². The van der Waals surface area contributed by atoms with Crippen LogP contribution in [0.5, 0.6) is 23.0 Å². The minimum Gasteiger partial charge on any atom is -0.480 e. The molecule has 41 heavy (non-hydrogen) atoms. The van der Waals surface area contributed by atoms with E-state index in [1.807, 2.05) is 0 Å². The maximum absolute atomic E-state index is 12.9. The Labute approximate surface area is 233 Å². The summed E-state index contributed by atoms with van der Waals surface area (Å²) in [4.78, 5) is 83.3. The second kappa shape index (κ2) is 14.8. The lowest BCUT2D eigenvalue weighted by atomic mass is 10.1. The van der Waals surface area contributed by atoms with Gasteiger partial charge in [-0.1, -0.05) is 12.1 Å². The molecular formula is C27H28N2O12. The quantitative estimate of drug-likeness (QED) is 0.189. The molecule has 0 saturated carbocycles. The standard InChI is InChI=1S/C27H28N2O12/c1-14(30)38-21-11-5-8-18(23(21)40-16(3)32)25(34)28-13-7-10-20(27(36)37)29-26(35)19-9-6-12-22(39-15(2)31)24(19)41-17(4)33/h5-6,8-9,11-12,20H,7,10,13H2,1-4H3,(H,28,34)(H,29,35)(H,36,37)/t20-/m0/s1. The van der Waals surface area contributed by atoms with E-state index in [1.165, 1.54) is 36.4 Å². The summed E-state index contributed by atoms with van der Waals surface area (Å²) in [6, 6.07) is 6.58. The summed E-state index contributed by atoms with van der Waals surface area (Å²) in [5.41, 5.74) is -0.350. The average Bonchev–Trinajstić information content (AvgIpc) is 2.86. The van der Waals surface area contributed by atoms with Gasteiger partial charge in [0.15, 0.2) is 23.0 Å². The average molecular weight is 573 g/mol. The lowest BCUT2D eigenvalue weighted by Gasteiger charge is -2.17. The minimum atomic E-state index is -1.41. The molecule has 0 radical (unpaired) electrons. The third kappa shape index (κ3) is 9.76. The molecule has 1 atom stereocenters. The Morgan fingerprint density at radius 1 is 0.683 bits per heavy atom. The van der Waals surface area contributed by atoms with Crippen LogP contribution in [0.15, 0.2) is 36.4 Å². The number of para-hydroxylation sites is 2. The first kappa shape index (κ1) is 31.9. The zero-order valence-electron chi connectivity index (χ0n) is 22.6. The summed E-state index contributed by atoms with van der Waals surface area (Å²) in [7, 11) is 0. The van der Waals surface area contributed by atoms with E-state index in [2.05, 4.69) is 10.6 Å². The van der Waals surface area contributed by atoms with Crippen molar-refractivity contribution in [3.05, 3.63) is 47.5 Å². The summed E-state index contributed by atoms with van der Waals surface area (Å²) in [6.07, 6.45) is -0.0437. The van der Waals surface area contributed by atoms with Crippen molar-refractivity contribution in [3.8, 4) is 23.0 Å². The van der Waals surface area contributed by atoms with Crippen LogP contribution in [0.25, 0.3) is 0 Å². The van der Waals surface area contributed by atoms with E-state index in [0.717, 1.165) is 27.7 Å². The van der Waals surface area contributed by atoms with Gasteiger partial charge in [-0.15, -0.1) is 0 Å². The number of carbonyl (C=O) groups is 7. The first-order chi connectivity index (χ1) is 19.3. The fraction of sp³-hybridized carbons (Fsp3) is 0.296. The van der Waals surface area contributed by atoms with Gasteiger partial charge >= 0.3 is 29.8 Å². The largest absolute Gasteiger partial charge is 0.480 e. The van der Waals surface area contributed by atoms with Crippen molar-refractivity contribution < 1.29 is 57.6 Å². The van der Waals surface area contributed by atoms with Gasteiger partial charge < -0.3 is 34.7 Å². The highest BCUT2D eigenvalue weighted by Gasteiger charge is 2.26. The van der Waals surface area contributed by atoms with Crippen LogP contribution in [-0.2, 0) is 24.0 Å². The number of benzene rings is 2. The van der Waals surface area contributed by atoms with Crippen molar-refractivity contribution in [2.75, 3.05) is 6.54 Å². The molecule has 2 rings (SSSR count). The van der Waals surface area contributed by atoms with Crippen LogP contribution in [0.4, 0.5) is 0 Å². The number of ether oxygens (including phenoxy) is 4. The SMILES string of the molecule is CC(=O)Oc1cccc(C(=O)NCCC[C@H](NC(=O)c2cccc(OC(C)=O)c2OC(C)=O)C(=O)O)c1OC(C)=O. The monoisotopic (exact) mass is 572 g/mol. The van der Waals surface area contributed by atoms with E-state index >= 15 is 0 Å². The van der Waals surface area contributed by atoms with Gasteiger partial charge in [-0.3, -0.25) is 28.8 Å². The number of nitrogens with one attached hydrogen (secondary N) is 2. The van der Waals surface area contributed by atoms with E-state index in [4.69, 9.17) is 18.9 Å². The topological polar surface area (TPSA) is 201 Å². The molecular weight excluding hydrogens is 544 g/mol. The normalized spacial score (nSPS) is 10.9. The molecule has 0 aliphatic heterocycles. The molecule has 3 N–H and O–H groups in total. The molecule has 0 aromatic heterocycles. The van der Waals surface area contributed by atoms with Crippen LogP contribution >= 0.6 is 0 Å². The third-order valence-corrected chi connectivity index (χ3v) is 5.00. The van der Waals surface area contributed by atoms with Crippen molar-refractivity contribution in [3.63, 3.8) is 0 Å². The molecule has 0 saturated heterocycles. The van der Waals surface area contributed by atoms with Crippen molar-refractivity contribution in [1.29, 1.82) is 0 Å². The van der Waals surface area contributed by atoms with Gasteiger partial charge in [-0.05, 0) is 37.1 Å². The van der Waals surface area contributed by atoms with Crippen molar-refractivity contribution in [2.45, 2.75) is 46.6 Å². The molecule has 0 aliphatic rings. The predicted molar refractivity (Wildman–Crippen MR) is 139 cm³/mol. The fourth-order valence-electron chi connectivity index (χ4n) is 3.45. The number of amides is 2. The van der Waals surface area contributed by atoms with Gasteiger partial charge in [-0.2, -0.15) is 0 Å². The Morgan fingerprint density at radius 3 is 1.54 bits per heavy atom. The number of carboxylic acids is 1. The lowest BCUT2D eigenvalue weighted by Crippen LogP contribution is -2.41. The molecule has 0 unspecified atom stereocenters. The van der Waals surface area contributed by atoms with Crippen LogP contribution in [-0.4, -0.2) is 59.4 Å². The maximum atomic E-state index is 12.9. The Balaban J connectivity index is 2.11. The van der Waals surface area contributed by atoms with Gasteiger partial charge in [0.1, 0.15) is 6.04 Å². The molecule has 14 nitrogen and oxygen atoms in total. The van der Waals surface area contributed by atoms with Gasteiger partial charge in [-0.25, -0.2) is 4.79 Å². The fourth-order valence-corrected chi connectivity index (χ4v) is 3.45. The second-order valence-electron chi connectivity index (χ2n) is 8.40. The maximum Gasteiger partial charge on any atom is 0.326 e. The van der Waals surface area contributed by atoms with Crippen molar-refractivity contribution in [1.82, 2.24) is 10.6 Å². The Morgan fingerprint density at radius 2 is 1.12 bits per heavy atom. The minimum absolute atomic E-state index is 0.0452. The lowest BCUT2D eigenvalue weighted by molar-refractivity contribution is -0.139. The van der Waals surface area contributed by atoms with Gasteiger partial charge in [0.2, 0.25) is 0 Å². The Bertz CT molecular complexity index is 1370. The third-order valence-electron chi connectivity index (χ3n) is 5.00. The van der Waals surface area contributed by atoms with Crippen LogP contribution in [0.1, 0.15) is 61.3 Å². The molecule has 0 fully saturated rings. The van der Waals surface area contributed by atoms with Crippen molar-refractivity contribution in [2.24, 2.45) is 0 Å². The number of carboxylic acid groups (broad SMARTS) is 1. The molecule has 218 valence electrons. The molecule has 2 aromatic rings. The molecule has 2 amide bonds. The Kier molecular flexibility index (Phi) is 11.5. The van der Waals surface area contributed by atoms with Gasteiger partial charge in [0, 0.05) is 34.2 Å². The van der Waals surface area contributed by atoms with E-state index in [-0.39, 0.29) is 53.5 Å². The number of aliphatic carboxylic acids is 1. The molecule has 0 heterocycles. The molecule has 0 bridgehead atoms. The summed E-state index contributed by atoms with van der Waals surface area (Å²) < 4.78 is 20.1. The van der Waals surface area contributed by atoms with Crippen LogP contribution in [0.2, 0.25) is 0 Å². The molecule has 14 heteroatoms. The number of hydrogen-bond donors (Lipinski definition) is 3. The first-order valence-corrected chi connectivity index (χ1v) is 12.1. The number of hydrogen-bond acceptors (Lipinski definition) is 11. The van der Waals surface area contributed by atoms with Crippen LogP contribution in [0.3, 0.4) is 0 Å². The number of carbonyl (C=O) groups excluding carboxylic acids is 6. The highest BCUT2D eigenvalue weighted by molar-refractivity contribution is 6.01. The number of rotatable bonds is 12. The van der Waals surface area contributed by atoms with E-state index in [0.29, 0.717) is 0 Å². The second-order valence-corrected chi connectivity index (χ2v) is 8.40. The Hall–Kier alpha value is -5.27. The zero-order chi connectivity index (χ0) is 30.7. The van der Waals surface area contributed by atoms with E-state index in [1.54, 1.807) is 0 Å². The summed E-state index contributed by atoms with van der Waals surface area (Å²) in [5.74, 6) is -6.95. The molecule has 0 aliphatic carbocycles. The number of esters is 4. The summed E-state index contributed by atoms with van der Waals surface area (Å²) in [5, 5.41) is 14.5. The molecule has 0 spiro atoms. The van der Waals surface area contributed by atoms with Crippen molar-refractivity contribution >= 4 is 41.7 Å². The first-order valence-electron chi connectivity index (χ1n) is 12.1. The summed E-state index contributed by atoms with van der Waals surface area (Å²) >= 11 is 0. The smallest absolute Gasteiger partial charge is 0.326 e. The highest BCUT2D eigenvalue weighted by atomic mass is 16.6. The predicted octanol–water partition coefficient (Wildman–Crippen LogP) is 1.78. The van der Waals surface area contributed by atoms with Crippen LogP contribution < -0.4 is 29.6 Å². The highest BCUT2D eigenvalue weighted by Crippen LogP contribution is 2.33. The van der Waals surface area contributed by atoms with E-state index in [9.17, 15) is 38.7 Å². The molecule has 2 aromatic carbocycles. The zero-order valence-corrected chi connectivity index (χ0v) is 22.6. The van der Waals surface area contributed by atoms with E-state index < -0.39 is 47.7 Å². The van der Waals surface area contributed by atoms with Gasteiger partial charge in [0.25, 0.3) is 11.8 Å². The van der Waals surface area contributed by atoms with Gasteiger partial charge in [0.05, 0.1) is 11.1 Å².